The van der Waals surface area contributed by atoms with Gasteiger partial charge < -0.3 is 10.2 Å². The fourth-order valence-electron chi connectivity index (χ4n) is 7.37. The highest BCUT2D eigenvalue weighted by molar-refractivity contribution is 5.48. The van der Waals surface area contributed by atoms with Crippen molar-refractivity contribution in [2.45, 2.75) is 117 Å². The molecular weight excluding hydrogens is 380 g/mol. The minimum Gasteiger partial charge on any atom is -0.507 e. The van der Waals surface area contributed by atoms with Crippen molar-refractivity contribution in [1.29, 1.82) is 0 Å². The van der Waals surface area contributed by atoms with Gasteiger partial charge in [0.1, 0.15) is 5.75 Å². The molecule has 31 heavy (non-hydrogen) atoms. The summed E-state index contributed by atoms with van der Waals surface area (Å²) in [5, 5.41) is 22.9. The summed E-state index contributed by atoms with van der Waals surface area (Å²) in [7, 11) is 0. The average Bonchev–Trinajstić information content (AvgIpc) is 2.75. The zero-order chi connectivity index (χ0) is 22.2. The summed E-state index contributed by atoms with van der Waals surface area (Å²) in [5.41, 5.74) is 4.52. The van der Waals surface area contributed by atoms with E-state index in [9.17, 15) is 10.2 Å². The third kappa shape index (κ3) is 4.75. The molecule has 3 aliphatic carbocycles. The Bertz CT molecular complexity index is 808. The highest BCUT2D eigenvalue weighted by atomic mass is 16.3. The number of phenolic OH excluding ortho intramolecular Hbond substituents is 1. The van der Waals surface area contributed by atoms with Crippen LogP contribution in [0.25, 0.3) is 0 Å². The fourth-order valence-corrected chi connectivity index (χ4v) is 7.37. The Morgan fingerprint density at radius 2 is 1.52 bits per heavy atom. The summed E-state index contributed by atoms with van der Waals surface area (Å²) in [5.74, 6) is 1.58. The Labute approximate surface area is 190 Å². The summed E-state index contributed by atoms with van der Waals surface area (Å²) in [6.07, 6.45) is 16.3. The quantitative estimate of drug-likeness (QED) is 0.489. The van der Waals surface area contributed by atoms with Crippen LogP contribution in [0.15, 0.2) is 23.8 Å². The predicted molar refractivity (Wildman–Crippen MR) is 130 cm³/mol. The standard InChI is InChI=1S/C29H44O2/c1-20-15-22(26(30)25(16-20)21-11-7-5-8-12-21)17-23-18-28(2,3)19-29(4,27(23)31)24-13-9-6-10-14-24/h15-16,18,21,24,27,30-31H,5-14,17,19H2,1-4H3. The first-order valence-corrected chi connectivity index (χ1v) is 12.9. The number of aryl methyl sites for hydroxylation is 1. The second kappa shape index (κ2) is 8.93. The molecule has 4 rings (SSSR count). The van der Waals surface area contributed by atoms with Gasteiger partial charge in [-0.15, -0.1) is 0 Å². The molecule has 2 unspecified atom stereocenters. The van der Waals surface area contributed by atoms with Crippen molar-refractivity contribution in [3.8, 4) is 5.75 Å². The maximum Gasteiger partial charge on any atom is 0.122 e. The molecule has 0 aromatic heterocycles. The van der Waals surface area contributed by atoms with Crippen molar-refractivity contribution in [3.63, 3.8) is 0 Å². The Kier molecular flexibility index (Phi) is 6.59. The number of rotatable bonds is 4. The van der Waals surface area contributed by atoms with Gasteiger partial charge in [-0.1, -0.05) is 83.1 Å². The van der Waals surface area contributed by atoms with Crippen molar-refractivity contribution in [3.05, 3.63) is 40.5 Å². The molecule has 0 radical (unpaired) electrons. The fraction of sp³-hybridized carbons (Fsp3) is 0.724. The Hall–Kier alpha value is -1.28. The maximum absolute atomic E-state index is 11.7. The van der Waals surface area contributed by atoms with Gasteiger partial charge in [0.15, 0.2) is 0 Å². The first-order valence-electron chi connectivity index (χ1n) is 12.9. The molecule has 0 heterocycles. The van der Waals surface area contributed by atoms with E-state index >= 15 is 0 Å². The Balaban J connectivity index is 1.64. The van der Waals surface area contributed by atoms with Gasteiger partial charge in [-0.3, -0.25) is 0 Å². The molecule has 3 aliphatic rings. The minimum atomic E-state index is -0.415. The van der Waals surface area contributed by atoms with E-state index in [-0.39, 0.29) is 10.8 Å². The average molecular weight is 425 g/mol. The van der Waals surface area contributed by atoms with E-state index in [0.29, 0.717) is 24.0 Å². The lowest BCUT2D eigenvalue weighted by molar-refractivity contribution is -0.0347. The first-order chi connectivity index (χ1) is 14.7. The number of benzene rings is 1. The van der Waals surface area contributed by atoms with Crippen molar-refractivity contribution in [1.82, 2.24) is 0 Å². The molecule has 2 heteroatoms. The molecule has 1 aromatic rings. The van der Waals surface area contributed by atoms with Crippen molar-refractivity contribution in [2.75, 3.05) is 0 Å². The summed E-state index contributed by atoms with van der Waals surface area (Å²) in [6, 6.07) is 4.35. The van der Waals surface area contributed by atoms with Gasteiger partial charge in [0.2, 0.25) is 0 Å². The van der Waals surface area contributed by atoms with E-state index in [2.05, 4.69) is 45.9 Å². The zero-order valence-corrected chi connectivity index (χ0v) is 20.3. The van der Waals surface area contributed by atoms with Crippen molar-refractivity contribution in [2.24, 2.45) is 16.7 Å². The maximum atomic E-state index is 11.7. The Morgan fingerprint density at radius 1 is 0.903 bits per heavy atom. The van der Waals surface area contributed by atoms with Gasteiger partial charge in [-0.25, -0.2) is 0 Å². The molecule has 0 spiro atoms. The summed E-state index contributed by atoms with van der Waals surface area (Å²) in [6.45, 7) is 9.13. The number of aliphatic hydroxyl groups excluding tert-OH is 1. The monoisotopic (exact) mass is 424 g/mol. The second-order valence-corrected chi connectivity index (χ2v) is 12.0. The van der Waals surface area contributed by atoms with Crippen LogP contribution in [0.5, 0.6) is 5.75 Å². The number of aliphatic hydroxyl groups is 1. The lowest BCUT2D eigenvalue weighted by atomic mass is 9.56. The molecule has 0 aliphatic heterocycles. The lowest BCUT2D eigenvalue weighted by Crippen LogP contribution is -2.47. The van der Waals surface area contributed by atoms with E-state index in [4.69, 9.17) is 0 Å². The van der Waals surface area contributed by atoms with E-state index < -0.39 is 6.10 Å². The molecule has 2 nitrogen and oxygen atoms in total. The molecule has 1 aromatic carbocycles. The van der Waals surface area contributed by atoms with E-state index in [1.807, 2.05) is 0 Å². The van der Waals surface area contributed by atoms with Gasteiger partial charge in [0.25, 0.3) is 0 Å². The topological polar surface area (TPSA) is 40.5 Å². The molecule has 0 bridgehead atoms. The normalized spacial score (nSPS) is 30.2. The number of hydrogen-bond acceptors (Lipinski definition) is 2. The van der Waals surface area contributed by atoms with Crippen LogP contribution in [0, 0.1) is 23.7 Å². The summed E-state index contributed by atoms with van der Waals surface area (Å²) < 4.78 is 0. The van der Waals surface area contributed by atoms with Gasteiger partial charge in [-0.05, 0) is 79.4 Å². The van der Waals surface area contributed by atoms with Crippen LogP contribution in [-0.2, 0) is 6.42 Å². The van der Waals surface area contributed by atoms with Crippen LogP contribution in [0.2, 0.25) is 0 Å². The van der Waals surface area contributed by atoms with Crippen LogP contribution < -0.4 is 0 Å². The van der Waals surface area contributed by atoms with Gasteiger partial charge in [0, 0.05) is 5.41 Å². The smallest absolute Gasteiger partial charge is 0.122 e. The highest BCUT2D eigenvalue weighted by Gasteiger charge is 2.48. The molecule has 2 fully saturated rings. The van der Waals surface area contributed by atoms with Crippen LogP contribution in [0.4, 0.5) is 0 Å². The second-order valence-electron chi connectivity index (χ2n) is 12.0. The van der Waals surface area contributed by atoms with Crippen LogP contribution >= 0.6 is 0 Å². The molecule has 2 N–H and O–H groups in total. The predicted octanol–water partition coefficient (Wildman–Crippen LogP) is 7.59. The van der Waals surface area contributed by atoms with Crippen LogP contribution in [0.3, 0.4) is 0 Å². The van der Waals surface area contributed by atoms with Crippen molar-refractivity contribution < 1.29 is 10.2 Å². The third-order valence-electron chi connectivity index (χ3n) is 8.73. The number of phenols is 1. The van der Waals surface area contributed by atoms with Gasteiger partial charge in [0.05, 0.1) is 6.10 Å². The molecule has 2 atom stereocenters. The SMILES string of the molecule is Cc1cc(CC2=CC(C)(C)CC(C)(C3CCCCC3)C2O)c(O)c(C2CCCCC2)c1. The number of aromatic hydroxyl groups is 1. The molecular formula is C29H44O2. The van der Waals surface area contributed by atoms with E-state index in [1.165, 1.54) is 69.8 Å². The Morgan fingerprint density at radius 3 is 2.16 bits per heavy atom. The summed E-state index contributed by atoms with van der Waals surface area (Å²) >= 11 is 0. The largest absolute Gasteiger partial charge is 0.507 e. The van der Waals surface area contributed by atoms with Crippen LogP contribution in [0.1, 0.15) is 114 Å². The number of hydrogen-bond donors (Lipinski definition) is 2. The lowest BCUT2D eigenvalue weighted by Gasteiger charge is -2.51. The first kappa shape index (κ1) is 22.9. The van der Waals surface area contributed by atoms with E-state index in [1.54, 1.807) is 0 Å². The highest BCUT2D eigenvalue weighted by Crippen LogP contribution is 2.53. The van der Waals surface area contributed by atoms with Gasteiger partial charge in [-0.2, -0.15) is 0 Å². The molecule has 2 saturated carbocycles. The van der Waals surface area contributed by atoms with Crippen molar-refractivity contribution >= 4 is 0 Å². The molecule has 172 valence electrons. The summed E-state index contributed by atoms with van der Waals surface area (Å²) in [4.78, 5) is 0. The third-order valence-corrected chi connectivity index (χ3v) is 8.73. The molecule has 0 saturated heterocycles. The zero-order valence-electron chi connectivity index (χ0n) is 20.3. The van der Waals surface area contributed by atoms with Crippen LogP contribution in [-0.4, -0.2) is 16.3 Å². The van der Waals surface area contributed by atoms with E-state index in [0.717, 1.165) is 23.1 Å². The number of allylic oxidation sites excluding steroid dienone is 1. The minimum absolute atomic E-state index is 0.0698. The molecule has 0 amide bonds. The van der Waals surface area contributed by atoms with Gasteiger partial charge >= 0.3 is 0 Å².